The van der Waals surface area contributed by atoms with Crippen LogP contribution in [0.5, 0.6) is 5.75 Å². The van der Waals surface area contributed by atoms with Crippen LogP contribution >= 0.6 is 0 Å². The van der Waals surface area contributed by atoms with Gasteiger partial charge in [0.2, 0.25) is 0 Å². The van der Waals surface area contributed by atoms with E-state index in [4.69, 9.17) is 4.74 Å². The van der Waals surface area contributed by atoms with Crippen molar-refractivity contribution in [2.24, 2.45) is 0 Å². The second kappa shape index (κ2) is 5.22. The van der Waals surface area contributed by atoms with Gasteiger partial charge in [-0.15, -0.1) is 0 Å². The van der Waals surface area contributed by atoms with Crippen molar-refractivity contribution in [2.45, 2.75) is 12.8 Å². The highest BCUT2D eigenvalue weighted by atomic mass is 16.5. The van der Waals surface area contributed by atoms with Crippen LogP contribution in [0.4, 0.5) is 0 Å². The molecule has 0 heterocycles. The molecule has 74 valence electrons. The van der Waals surface area contributed by atoms with Crippen LogP contribution in [-0.4, -0.2) is 13.4 Å². The number of hydrogen-bond acceptors (Lipinski definition) is 2. The van der Waals surface area contributed by atoms with E-state index < -0.39 is 0 Å². The van der Waals surface area contributed by atoms with Crippen LogP contribution in [-0.2, 0) is 11.2 Å². The number of aldehydes is 1. The fourth-order valence-electron chi connectivity index (χ4n) is 1.22. The van der Waals surface area contributed by atoms with E-state index in [1.54, 1.807) is 7.11 Å². The average molecular weight is 190 g/mol. The Bertz CT molecular complexity index is 312. The molecular weight excluding hydrogens is 176 g/mol. The zero-order chi connectivity index (χ0) is 10.4. The van der Waals surface area contributed by atoms with E-state index >= 15 is 0 Å². The lowest BCUT2D eigenvalue weighted by Gasteiger charge is -2.03. The largest absolute Gasteiger partial charge is 0.497 e. The maximum Gasteiger partial charge on any atom is 0.124 e. The summed E-state index contributed by atoms with van der Waals surface area (Å²) in [6.45, 7) is 3.82. The molecule has 0 spiro atoms. The van der Waals surface area contributed by atoms with Crippen LogP contribution in [0.3, 0.4) is 0 Å². The normalized spacial score (nSPS) is 9.50. The molecule has 1 rings (SSSR count). The fraction of sp³-hybridized carbons (Fsp3) is 0.250. The number of carbonyl (C=O) groups is 1. The number of methoxy groups -OCH3 is 1. The molecule has 0 aliphatic heterocycles. The zero-order valence-electron chi connectivity index (χ0n) is 8.32. The molecule has 0 aliphatic carbocycles. The average Bonchev–Trinajstić information content (AvgIpc) is 2.19. The van der Waals surface area contributed by atoms with Crippen molar-refractivity contribution in [2.75, 3.05) is 7.11 Å². The topological polar surface area (TPSA) is 26.3 Å². The second-order valence-corrected chi connectivity index (χ2v) is 3.15. The van der Waals surface area contributed by atoms with Gasteiger partial charge in [0.05, 0.1) is 7.11 Å². The van der Waals surface area contributed by atoms with E-state index in [2.05, 4.69) is 6.58 Å². The van der Waals surface area contributed by atoms with Gasteiger partial charge in [-0.05, 0) is 24.1 Å². The molecule has 0 amide bonds. The molecule has 0 bridgehead atoms. The lowest BCUT2D eigenvalue weighted by Crippen LogP contribution is -1.90. The van der Waals surface area contributed by atoms with Crippen LogP contribution < -0.4 is 4.74 Å². The Morgan fingerprint density at radius 2 is 2.07 bits per heavy atom. The van der Waals surface area contributed by atoms with Gasteiger partial charge in [-0.3, -0.25) is 0 Å². The van der Waals surface area contributed by atoms with Crippen LogP contribution in [0, 0.1) is 0 Å². The summed E-state index contributed by atoms with van der Waals surface area (Å²) in [5.41, 5.74) is 2.09. The quantitative estimate of drug-likeness (QED) is 0.526. The Kier molecular flexibility index (Phi) is 3.92. The van der Waals surface area contributed by atoms with Gasteiger partial charge in [0.15, 0.2) is 0 Å². The maximum atomic E-state index is 10.2. The predicted molar refractivity (Wildman–Crippen MR) is 56.5 cm³/mol. The molecule has 0 radical (unpaired) electrons. The number of rotatable bonds is 5. The molecule has 0 aliphatic rings. The first-order valence-electron chi connectivity index (χ1n) is 4.49. The van der Waals surface area contributed by atoms with Gasteiger partial charge in [-0.1, -0.05) is 24.3 Å². The number of allylic oxidation sites excluding steroid dienone is 1. The van der Waals surface area contributed by atoms with E-state index in [1.807, 2.05) is 24.3 Å². The third kappa shape index (κ3) is 3.05. The van der Waals surface area contributed by atoms with Gasteiger partial charge in [-0.25, -0.2) is 0 Å². The lowest BCUT2D eigenvalue weighted by atomic mass is 10.0. The molecular formula is C12H14O2. The summed E-state index contributed by atoms with van der Waals surface area (Å²) >= 11 is 0. The van der Waals surface area contributed by atoms with E-state index in [0.717, 1.165) is 29.6 Å². The van der Waals surface area contributed by atoms with E-state index in [9.17, 15) is 4.79 Å². The Morgan fingerprint density at radius 3 is 2.57 bits per heavy atom. The molecule has 0 unspecified atom stereocenters. The number of ether oxygens (including phenoxy) is 1. The highest BCUT2D eigenvalue weighted by molar-refractivity contribution is 5.54. The van der Waals surface area contributed by atoms with E-state index in [-0.39, 0.29) is 0 Å². The van der Waals surface area contributed by atoms with Crippen LogP contribution in [0.1, 0.15) is 12.0 Å². The summed E-state index contributed by atoms with van der Waals surface area (Å²) in [6, 6.07) is 7.77. The van der Waals surface area contributed by atoms with Crippen LogP contribution in [0.25, 0.3) is 0 Å². The standard InChI is InChI=1S/C12H14O2/c1-10(7-8-13)9-11-3-5-12(14-2)6-4-11/h3-6,8H,1,7,9H2,2H3. The van der Waals surface area contributed by atoms with Crippen molar-refractivity contribution in [3.63, 3.8) is 0 Å². The number of carbonyl (C=O) groups excluding carboxylic acids is 1. The predicted octanol–water partition coefficient (Wildman–Crippen LogP) is 2.38. The maximum absolute atomic E-state index is 10.2. The Labute approximate surface area is 84.2 Å². The number of hydrogen-bond donors (Lipinski definition) is 0. The van der Waals surface area contributed by atoms with Crippen LogP contribution in [0.15, 0.2) is 36.4 Å². The molecule has 0 aromatic heterocycles. The van der Waals surface area contributed by atoms with Crippen LogP contribution in [0.2, 0.25) is 0 Å². The summed E-state index contributed by atoms with van der Waals surface area (Å²) < 4.78 is 5.04. The Balaban J connectivity index is 2.59. The van der Waals surface area contributed by atoms with Crippen molar-refractivity contribution < 1.29 is 9.53 Å². The van der Waals surface area contributed by atoms with Crippen molar-refractivity contribution in [1.82, 2.24) is 0 Å². The summed E-state index contributed by atoms with van der Waals surface area (Å²) in [7, 11) is 1.64. The van der Waals surface area contributed by atoms with Gasteiger partial charge in [0.1, 0.15) is 12.0 Å². The third-order valence-corrected chi connectivity index (χ3v) is 1.99. The highest BCUT2D eigenvalue weighted by Gasteiger charge is 1.97. The first-order valence-corrected chi connectivity index (χ1v) is 4.49. The summed E-state index contributed by atoms with van der Waals surface area (Å²) in [6.07, 6.45) is 2.07. The molecule has 14 heavy (non-hydrogen) atoms. The van der Waals surface area contributed by atoms with Gasteiger partial charge in [-0.2, -0.15) is 0 Å². The molecule has 0 N–H and O–H groups in total. The van der Waals surface area contributed by atoms with E-state index in [0.29, 0.717) is 6.42 Å². The molecule has 2 heteroatoms. The summed E-state index contributed by atoms with van der Waals surface area (Å²) in [5.74, 6) is 0.842. The molecule has 0 fully saturated rings. The SMILES string of the molecule is C=C(CC=O)Cc1ccc(OC)cc1. The van der Waals surface area contributed by atoms with Crippen molar-refractivity contribution in [3.8, 4) is 5.75 Å². The van der Waals surface area contributed by atoms with E-state index in [1.165, 1.54) is 0 Å². The van der Waals surface area contributed by atoms with Crippen molar-refractivity contribution in [3.05, 3.63) is 42.0 Å². The summed E-state index contributed by atoms with van der Waals surface area (Å²) in [4.78, 5) is 10.2. The minimum Gasteiger partial charge on any atom is -0.497 e. The molecule has 1 aromatic carbocycles. The Morgan fingerprint density at radius 1 is 1.43 bits per heavy atom. The molecule has 0 saturated heterocycles. The molecule has 2 nitrogen and oxygen atoms in total. The molecule has 0 saturated carbocycles. The van der Waals surface area contributed by atoms with Crippen molar-refractivity contribution >= 4 is 6.29 Å². The lowest BCUT2D eigenvalue weighted by molar-refractivity contribution is -0.107. The Hall–Kier alpha value is -1.57. The van der Waals surface area contributed by atoms with Gasteiger partial charge >= 0.3 is 0 Å². The van der Waals surface area contributed by atoms with Gasteiger partial charge in [0, 0.05) is 6.42 Å². The minimum absolute atomic E-state index is 0.437. The highest BCUT2D eigenvalue weighted by Crippen LogP contribution is 2.14. The first kappa shape index (κ1) is 10.5. The molecule has 0 atom stereocenters. The second-order valence-electron chi connectivity index (χ2n) is 3.15. The van der Waals surface area contributed by atoms with Gasteiger partial charge in [0.25, 0.3) is 0 Å². The molecule has 1 aromatic rings. The fourth-order valence-corrected chi connectivity index (χ4v) is 1.22. The minimum atomic E-state index is 0.437. The zero-order valence-corrected chi connectivity index (χ0v) is 8.32. The van der Waals surface area contributed by atoms with Gasteiger partial charge < -0.3 is 9.53 Å². The number of benzene rings is 1. The monoisotopic (exact) mass is 190 g/mol. The first-order chi connectivity index (χ1) is 6.76. The van der Waals surface area contributed by atoms with Crippen molar-refractivity contribution in [1.29, 1.82) is 0 Å². The third-order valence-electron chi connectivity index (χ3n) is 1.99. The summed E-state index contributed by atoms with van der Waals surface area (Å²) in [5, 5.41) is 0. The smallest absolute Gasteiger partial charge is 0.124 e.